The van der Waals surface area contributed by atoms with Gasteiger partial charge in [0.2, 0.25) is 0 Å². The molecule has 1 aromatic carbocycles. The number of rotatable bonds is 6. The van der Waals surface area contributed by atoms with Crippen LogP contribution in [0.2, 0.25) is 0 Å². The molecule has 23 heavy (non-hydrogen) atoms. The highest BCUT2D eigenvalue weighted by molar-refractivity contribution is 5.93. The Morgan fingerprint density at radius 1 is 1.35 bits per heavy atom. The number of esters is 1. The van der Waals surface area contributed by atoms with Crippen LogP contribution in [0, 0.1) is 5.82 Å². The van der Waals surface area contributed by atoms with Crippen LogP contribution >= 0.6 is 0 Å². The quantitative estimate of drug-likeness (QED) is 0.644. The number of likely N-dealkylation sites (N-methyl/N-ethyl adjacent to an activating group) is 1. The number of quaternary nitrogens is 1. The summed E-state index contributed by atoms with van der Waals surface area (Å²) in [6.07, 6.45) is 0. The summed E-state index contributed by atoms with van der Waals surface area (Å²) < 4.78 is 18.7. The van der Waals surface area contributed by atoms with Crippen molar-refractivity contribution in [2.45, 2.75) is 13.5 Å². The molecule has 3 N–H and O–H groups in total. The van der Waals surface area contributed by atoms with Crippen LogP contribution < -0.4 is 15.5 Å². The molecule has 124 valence electrons. The van der Waals surface area contributed by atoms with E-state index in [1.807, 2.05) is 7.05 Å². The standard InChI is InChI=1S/C16H20FN3O3/c1-3-23-15(21)12-8-18-16(22)19-14(12)10-20(2)9-11-6-4-5-7-13(11)17/h4-7H,3,8-10H2,1-2H3,(H2,18,19,22)/p+1. The van der Waals surface area contributed by atoms with Crippen molar-refractivity contribution in [3.8, 4) is 0 Å². The molecule has 2 amide bonds. The van der Waals surface area contributed by atoms with E-state index < -0.39 is 5.97 Å². The Kier molecular flexibility index (Phi) is 5.70. The Hall–Kier alpha value is -2.41. The first-order valence-corrected chi connectivity index (χ1v) is 7.50. The first-order chi connectivity index (χ1) is 11.0. The van der Waals surface area contributed by atoms with Crippen LogP contribution in [0.5, 0.6) is 0 Å². The number of urea groups is 1. The van der Waals surface area contributed by atoms with E-state index in [0.717, 1.165) is 4.90 Å². The molecule has 0 saturated heterocycles. The Balaban J connectivity index is 2.11. The highest BCUT2D eigenvalue weighted by Gasteiger charge is 2.25. The van der Waals surface area contributed by atoms with Gasteiger partial charge in [0.05, 0.1) is 31.5 Å². The molecule has 0 spiro atoms. The topological polar surface area (TPSA) is 71.9 Å². The number of halogens is 1. The highest BCUT2D eigenvalue weighted by Crippen LogP contribution is 2.07. The lowest BCUT2D eigenvalue weighted by atomic mass is 10.1. The third-order valence-corrected chi connectivity index (χ3v) is 3.50. The minimum Gasteiger partial charge on any atom is -0.463 e. The van der Waals surface area contributed by atoms with Gasteiger partial charge in [-0.3, -0.25) is 0 Å². The number of carbonyl (C=O) groups is 2. The normalized spacial score (nSPS) is 15.7. The van der Waals surface area contributed by atoms with Gasteiger partial charge in [-0.1, -0.05) is 18.2 Å². The van der Waals surface area contributed by atoms with Crippen LogP contribution in [0.1, 0.15) is 12.5 Å². The van der Waals surface area contributed by atoms with Gasteiger partial charge in [0.15, 0.2) is 0 Å². The highest BCUT2D eigenvalue weighted by atomic mass is 19.1. The van der Waals surface area contributed by atoms with E-state index in [2.05, 4.69) is 10.6 Å². The summed E-state index contributed by atoms with van der Waals surface area (Å²) in [5.41, 5.74) is 1.50. The Morgan fingerprint density at radius 2 is 2.09 bits per heavy atom. The minimum absolute atomic E-state index is 0.132. The second-order valence-corrected chi connectivity index (χ2v) is 5.39. The summed E-state index contributed by atoms with van der Waals surface area (Å²) in [6.45, 7) is 2.95. The molecule has 1 unspecified atom stereocenters. The SMILES string of the molecule is CCOC(=O)C1=C(C[NH+](C)Cc2ccccc2F)NC(=O)NC1. The van der Waals surface area contributed by atoms with Gasteiger partial charge in [0, 0.05) is 5.56 Å². The molecule has 0 aliphatic carbocycles. The van der Waals surface area contributed by atoms with Crippen molar-refractivity contribution in [2.24, 2.45) is 0 Å². The van der Waals surface area contributed by atoms with Crippen LogP contribution in [0.4, 0.5) is 9.18 Å². The number of amides is 2. The van der Waals surface area contributed by atoms with Crippen LogP contribution in [-0.4, -0.2) is 38.7 Å². The average molecular weight is 322 g/mol. The Bertz CT molecular complexity index is 631. The summed E-state index contributed by atoms with van der Waals surface area (Å²) in [4.78, 5) is 24.4. The van der Waals surface area contributed by atoms with Crippen molar-refractivity contribution in [3.63, 3.8) is 0 Å². The number of hydrogen-bond donors (Lipinski definition) is 3. The van der Waals surface area contributed by atoms with Crippen molar-refractivity contribution in [1.82, 2.24) is 10.6 Å². The molecular formula is C16H21FN3O3+. The summed E-state index contributed by atoms with van der Waals surface area (Å²) in [6, 6.07) is 6.20. The first kappa shape index (κ1) is 17.0. The van der Waals surface area contributed by atoms with E-state index in [1.54, 1.807) is 25.1 Å². The number of carbonyl (C=O) groups excluding carboxylic acids is 2. The van der Waals surface area contributed by atoms with Gasteiger partial charge in [-0.2, -0.15) is 0 Å². The first-order valence-electron chi connectivity index (χ1n) is 7.50. The Labute approximate surface area is 134 Å². The average Bonchev–Trinajstić information content (AvgIpc) is 2.50. The summed E-state index contributed by atoms with van der Waals surface area (Å²) >= 11 is 0. The van der Waals surface area contributed by atoms with E-state index in [4.69, 9.17) is 4.74 Å². The molecule has 1 aliphatic rings. The lowest BCUT2D eigenvalue weighted by Gasteiger charge is -2.23. The third-order valence-electron chi connectivity index (χ3n) is 3.50. The molecule has 0 saturated carbocycles. The van der Waals surface area contributed by atoms with E-state index in [-0.39, 0.29) is 25.0 Å². The van der Waals surface area contributed by atoms with E-state index in [9.17, 15) is 14.0 Å². The van der Waals surface area contributed by atoms with Gasteiger partial charge in [-0.05, 0) is 13.0 Å². The minimum atomic E-state index is -0.450. The van der Waals surface area contributed by atoms with Gasteiger partial charge in [-0.25, -0.2) is 14.0 Å². The van der Waals surface area contributed by atoms with Crippen molar-refractivity contribution < 1.29 is 23.6 Å². The van der Waals surface area contributed by atoms with E-state index >= 15 is 0 Å². The molecule has 0 bridgehead atoms. The van der Waals surface area contributed by atoms with Gasteiger partial charge in [-0.15, -0.1) is 0 Å². The smallest absolute Gasteiger partial charge is 0.337 e. The molecule has 1 aliphatic heterocycles. The summed E-state index contributed by atoms with van der Waals surface area (Å²) in [5.74, 6) is -0.713. The second kappa shape index (κ2) is 7.73. The third kappa shape index (κ3) is 4.53. The van der Waals surface area contributed by atoms with Crippen LogP contribution in [-0.2, 0) is 16.1 Å². The zero-order chi connectivity index (χ0) is 16.8. The maximum absolute atomic E-state index is 13.7. The van der Waals surface area contributed by atoms with Gasteiger partial charge >= 0.3 is 12.0 Å². The Morgan fingerprint density at radius 3 is 2.78 bits per heavy atom. The van der Waals surface area contributed by atoms with Crippen molar-refractivity contribution >= 4 is 12.0 Å². The van der Waals surface area contributed by atoms with E-state index in [0.29, 0.717) is 29.9 Å². The molecule has 0 fully saturated rings. The monoisotopic (exact) mass is 322 g/mol. The molecular weight excluding hydrogens is 301 g/mol. The fraction of sp³-hybridized carbons (Fsp3) is 0.375. The predicted molar refractivity (Wildman–Crippen MR) is 82.1 cm³/mol. The summed E-state index contributed by atoms with van der Waals surface area (Å²) in [5, 5.41) is 5.21. The summed E-state index contributed by atoms with van der Waals surface area (Å²) in [7, 11) is 1.87. The lowest BCUT2D eigenvalue weighted by molar-refractivity contribution is -0.889. The molecule has 2 rings (SSSR count). The molecule has 1 atom stereocenters. The van der Waals surface area contributed by atoms with Gasteiger partial charge in [0.1, 0.15) is 18.9 Å². The zero-order valence-corrected chi connectivity index (χ0v) is 13.2. The largest absolute Gasteiger partial charge is 0.463 e. The molecule has 7 heteroatoms. The number of ether oxygens (including phenoxy) is 1. The second-order valence-electron chi connectivity index (χ2n) is 5.39. The van der Waals surface area contributed by atoms with Gasteiger partial charge in [0.25, 0.3) is 0 Å². The number of nitrogens with one attached hydrogen (secondary N) is 3. The van der Waals surface area contributed by atoms with Crippen molar-refractivity contribution in [1.29, 1.82) is 0 Å². The molecule has 0 radical (unpaired) electrons. The molecule has 1 aromatic rings. The molecule has 6 nitrogen and oxygen atoms in total. The zero-order valence-electron chi connectivity index (χ0n) is 13.2. The number of benzene rings is 1. The van der Waals surface area contributed by atoms with Crippen molar-refractivity contribution in [2.75, 3.05) is 26.7 Å². The van der Waals surface area contributed by atoms with Crippen LogP contribution in [0.15, 0.2) is 35.5 Å². The number of hydrogen-bond acceptors (Lipinski definition) is 3. The molecule has 1 heterocycles. The maximum atomic E-state index is 13.7. The lowest BCUT2D eigenvalue weighted by Crippen LogP contribution is -3.08. The fourth-order valence-electron chi connectivity index (χ4n) is 2.43. The maximum Gasteiger partial charge on any atom is 0.337 e. The molecule has 0 aromatic heterocycles. The van der Waals surface area contributed by atoms with Crippen LogP contribution in [0.25, 0.3) is 0 Å². The van der Waals surface area contributed by atoms with E-state index in [1.165, 1.54) is 6.07 Å². The van der Waals surface area contributed by atoms with Gasteiger partial charge < -0.3 is 20.3 Å². The predicted octanol–water partition coefficient (Wildman–Crippen LogP) is -0.0296. The van der Waals surface area contributed by atoms with Crippen LogP contribution in [0.3, 0.4) is 0 Å². The fourth-order valence-corrected chi connectivity index (χ4v) is 2.43. The van der Waals surface area contributed by atoms with Crippen molar-refractivity contribution in [3.05, 3.63) is 46.9 Å².